The van der Waals surface area contributed by atoms with Crippen LogP contribution in [-0.4, -0.2) is 11.9 Å². The van der Waals surface area contributed by atoms with E-state index >= 15 is 0 Å². The van der Waals surface area contributed by atoms with Gasteiger partial charge in [0.2, 0.25) is 5.91 Å². The first-order chi connectivity index (χ1) is 11.1. The van der Waals surface area contributed by atoms with Gasteiger partial charge in [-0.2, -0.15) is 0 Å². The Kier molecular flexibility index (Phi) is 4.60. The third-order valence-electron chi connectivity index (χ3n) is 4.56. The number of hydrogen-bond acceptors (Lipinski definition) is 3. The monoisotopic (exact) mass is 311 g/mol. The Bertz CT molecular complexity index is 791. The third-order valence-corrected chi connectivity index (χ3v) is 4.56. The van der Waals surface area contributed by atoms with Crippen LogP contribution in [0.5, 0.6) is 0 Å². The highest BCUT2D eigenvalue weighted by Crippen LogP contribution is 2.23. The van der Waals surface area contributed by atoms with Crippen molar-refractivity contribution in [2.75, 3.05) is 0 Å². The fourth-order valence-electron chi connectivity index (χ4n) is 3.13. The average molecular weight is 311 g/mol. The Morgan fingerprint density at radius 1 is 1.26 bits per heavy atom. The van der Waals surface area contributed by atoms with Crippen molar-refractivity contribution in [3.05, 3.63) is 52.4 Å². The van der Waals surface area contributed by atoms with Crippen LogP contribution >= 0.6 is 0 Å². The van der Waals surface area contributed by atoms with Crippen molar-refractivity contribution in [2.45, 2.75) is 38.6 Å². The smallest absolute Gasteiger partial charge is 0.244 e. The van der Waals surface area contributed by atoms with Crippen molar-refractivity contribution >= 4 is 23.0 Å². The number of carbonyl (C=O) groups excluding carboxylic acids is 1. The summed E-state index contributed by atoms with van der Waals surface area (Å²) in [5, 5.41) is 3.56. The molecule has 1 heterocycles. The predicted molar refractivity (Wildman–Crippen MR) is 91.1 cm³/mol. The van der Waals surface area contributed by atoms with E-state index in [0.717, 1.165) is 19.3 Å². The predicted octanol–water partition coefficient (Wildman–Crippen LogP) is 3.50. The zero-order valence-electron chi connectivity index (χ0n) is 13.2. The molecule has 1 N–H and O–H groups in total. The topological polar surface area (TPSA) is 59.3 Å². The summed E-state index contributed by atoms with van der Waals surface area (Å²) in [5.41, 5.74) is 0.813. The highest BCUT2D eigenvalue weighted by molar-refractivity contribution is 5.92. The van der Waals surface area contributed by atoms with Gasteiger partial charge in [-0.1, -0.05) is 31.9 Å². The van der Waals surface area contributed by atoms with Crippen LogP contribution in [-0.2, 0) is 4.79 Å². The fraction of sp³-hybridized carbons (Fsp3) is 0.368. The van der Waals surface area contributed by atoms with E-state index in [4.69, 9.17) is 4.42 Å². The van der Waals surface area contributed by atoms with Crippen molar-refractivity contribution < 1.29 is 9.21 Å². The molecule has 3 rings (SSSR count). The Balaban J connectivity index is 1.73. The van der Waals surface area contributed by atoms with Crippen molar-refractivity contribution in [3.8, 4) is 0 Å². The van der Waals surface area contributed by atoms with Crippen molar-refractivity contribution in [1.29, 1.82) is 0 Å². The molecule has 0 saturated heterocycles. The van der Waals surface area contributed by atoms with Gasteiger partial charge < -0.3 is 9.73 Å². The SMILES string of the molecule is CC1CCCCC1NC(=O)/C=C/c1coc2ccccc2c1=O. The van der Waals surface area contributed by atoms with Crippen LogP contribution in [0.1, 0.15) is 38.2 Å². The molecule has 1 amide bonds. The quantitative estimate of drug-likeness (QED) is 0.883. The molecule has 1 aromatic carbocycles. The summed E-state index contributed by atoms with van der Waals surface area (Å²) < 4.78 is 5.44. The van der Waals surface area contributed by atoms with Gasteiger partial charge in [-0.25, -0.2) is 0 Å². The molecule has 4 heteroatoms. The summed E-state index contributed by atoms with van der Waals surface area (Å²) in [6, 6.07) is 7.32. The van der Waals surface area contributed by atoms with Crippen LogP contribution in [0.3, 0.4) is 0 Å². The maximum absolute atomic E-state index is 12.3. The van der Waals surface area contributed by atoms with E-state index in [9.17, 15) is 9.59 Å². The Labute approximate surface area is 135 Å². The zero-order valence-corrected chi connectivity index (χ0v) is 13.2. The van der Waals surface area contributed by atoms with Crippen LogP contribution in [0, 0.1) is 5.92 Å². The lowest BCUT2D eigenvalue weighted by Crippen LogP contribution is -2.40. The summed E-state index contributed by atoms with van der Waals surface area (Å²) in [6.45, 7) is 2.17. The van der Waals surface area contributed by atoms with E-state index in [-0.39, 0.29) is 17.4 Å². The largest absolute Gasteiger partial charge is 0.463 e. The summed E-state index contributed by atoms with van der Waals surface area (Å²) >= 11 is 0. The number of benzene rings is 1. The lowest BCUT2D eigenvalue weighted by atomic mass is 9.86. The van der Waals surface area contributed by atoms with Gasteiger partial charge in [-0.3, -0.25) is 9.59 Å². The normalized spacial score (nSPS) is 21.6. The van der Waals surface area contributed by atoms with Gasteiger partial charge in [0.1, 0.15) is 11.8 Å². The number of hydrogen-bond donors (Lipinski definition) is 1. The second-order valence-electron chi connectivity index (χ2n) is 6.23. The summed E-state index contributed by atoms with van der Waals surface area (Å²) in [7, 11) is 0. The molecule has 1 aliphatic carbocycles. The summed E-state index contributed by atoms with van der Waals surface area (Å²) in [4.78, 5) is 24.4. The van der Waals surface area contributed by atoms with Crippen LogP contribution in [0.2, 0.25) is 0 Å². The second kappa shape index (κ2) is 6.82. The molecule has 1 aliphatic rings. The van der Waals surface area contributed by atoms with Gasteiger partial charge >= 0.3 is 0 Å². The number of para-hydroxylation sites is 1. The van der Waals surface area contributed by atoms with Crippen molar-refractivity contribution in [2.24, 2.45) is 5.92 Å². The van der Waals surface area contributed by atoms with E-state index in [1.54, 1.807) is 18.2 Å². The minimum Gasteiger partial charge on any atom is -0.463 e. The molecule has 120 valence electrons. The van der Waals surface area contributed by atoms with Gasteiger partial charge in [0, 0.05) is 12.1 Å². The minimum absolute atomic E-state index is 0.123. The van der Waals surface area contributed by atoms with E-state index in [2.05, 4.69) is 12.2 Å². The minimum atomic E-state index is -0.156. The molecule has 2 unspecified atom stereocenters. The molecule has 1 fully saturated rings. The number of nitrogens with one attached hydrogen (secondary N) is 1. The maximum atomic E-state index is 12.3. The van der Waals surface area contributed by atoms with Gasteiger partial charge in [0.05, 0.1) is 10.9 Å². The lowest BCUT2D eigenvalue weighted by molar-refractivity contribution is -0.117. The van der Waals surface area contributed by atoms with Crippen LogP contribution in [0.25, 0.3) is 17.0 Å². The van der Waals surface area contributed by atoms with Crippen LogP contribution in [0.4, 0.5) is 0 Å². The molecular formula is C19H21NO3. The first-order valence-corrected chi connectivity index (χ1v) is 8.14. The second-order valence-corrected chi connectivity index (χ2v) is 6.23. The molecule has 2 aromatic rings. The van der Waals surface area contributed by atoms with Gasteiger partial charge in [0.25, 0.3) is 0 Å². The van der Waals surface area contributed by atoms with Crippen molar-refractivity contribution in [1.82, 2.24) is 5.32 Å². The molecule has 0 spiro atoms. The molecule has 1 aromatic heterocycles. The molecule has 0 radical (unpaired) electrons. The molecule has 2 atom stereocenters. The molecule has 0 aliphatic heterocycles. The van der Waals surface area contributed by atoms with E-state index in [1.807, 2.05) is 6.07 Å². The number of carbonyl (C=O) groups is 1. The van der Waals surface area contributed by atoms with Crippen LogP contribution in [0.15, 0.2) is 45.8 Å². The van der Waals surface area contributed by atoms with Gasteiger partial charge in [-0.05, 0) is 37.0 Å². The maximum Gasteiger partial charge on any atom is 0.244 e. The first kappa shape index (κ1) is 15.5. The Hall–Kier alpha value is -2.36. The first-order valence-electron chi connectivity index (χ1n) is 8.14. The highest BCUT2D eigenvalue weighted by Gasteiger charge is 2.21. The Morgan fingerprint density at radius 2 is 2.04 bits per heavy atom. The molecule has 0 bridgehead atoms. The van der Waals surface area contributed by atoms with Gasteiger partial charge in [0.15, 0.2) is 5.43 Å². The highest BCUT2D eigenvalue weighted by atomic mass is 16.3. The van der Waals surface area contributed by atoms with Crippen molar-refractivity contribution in [3.63, 3.8) is 0 Å². The van der Waals surface area contributed by atoms with E-state index in [1.165, 1.54) is 24.8 Å². The van der Waals surface area contributed by atoms with E-state index in [0.29, 0.717) is 22.5 Å². The molecule has 1 saturated carbocycles. The lowest BCUT2D eigenvalue weighted by Gasteiger charge is -2.29. The summed E-state index contributed by atoms with van der Waals surface area (Å²) in [6.07, 6.45) is 8.93. The zero-order chi connectivity index (χ0) is 16.2. The van der Waals surface area contributed by atoms with Gasteiger partial charge in [-0.15, -0.1) is 0 Å². The standard InChI is InChI=1S/C19H21NO3/c1-13-6-2-4-8-16(13)20-18(21)11-10-14-12-23-17-9-5-3-7-15(17)19(14)22/h3,5,7,9-13,16H,2,4,6,8H2,1H3,(H,20,21)/b11-10+. The average Bonchev–Trinajstić information content (AvgIpc) is 2.57. The molecule has 23 heavy (non-hydrogen) atoms. The summed E-state index contributed by atoms with van der Waals surface area (Å²) in [5.74, 6) is 0.350. The molecular weight excluding hydrogens is 290 g/mol. The fourth-order valence-corrected chi connectivity index (χ4v) is 3.13. The number of rotatable bonds is 3. The number of amides is 1. The van der Waals surface area contributed by atoms with E-state index < -0.39 is 0 Å². The molecule has 4 nitrogen and oxygen atoms in total. The third kappa shape index (κ3) is 3.52. The number of fused-ring (bicyclic) bond motifs is 1. The Morgan fingerprint density at radius 3 is 2.87 bits per heavy atom. The van der Waals surface area contributed by atoms with Crippen LogP contribution < -0.4 is 10.7 Å².